The van der Waals surface area contributed by atoms with E-state index in [4.69, 9.17) is 0 Å². The summed E-state index contributed by atoms with van der Waals surface area (Å²) in [5.74, 6) is 0. The van der Waals surface area contributed by atoms with Crippen molar-refractivity contribution in [3.8, 4) is 0 Å². The van der Waals surface area contributed by atoms with Crippen molar-refractivity contribution in [1.82, 2.24) is 0 Å². The number of halogens is 1. The first-order chi connectivity index (χ1) is 12.6. The van der Waals surface area contributed by atoms with Gasteiger partial charge in [-0.2, -0.15) is 4.57 Å². The second-order valence-corrected chi connectivity index (χ2v) is 7.04. The van der Waals surface area contributed by atoms with Crippen LogP contribution in [0.5, 0.6) is 0 Å². The molecule has 1 aliphatic rings. The Bertz CT molecular complexity index is 1060. The van der Waals surface area contributed by atoms with Crippen LogP contribution < -0.4 is 33.4 Å². The topological polar surface area (TPSA) is 7.12 Å². The van der Waals surface area contributed by atoms with Crippen LogP contribution in [0.15, 0.2) is 60.3 Å². The van der Waals surface area contributed by atoms with E-state index >= 15 is 0 Å². The van der Waals surface area contributed by atoms with E-state index in [-0.39, 0.29) is 24.0 Å². The normalized spacial score (nSPS) is 14.4. The Kier molecular flexibility index (Phi) is 5.70. The maximum atomic E-state index is 2.39. The zero-order valence-corrected chi connectivity index (χ0v) is 18.5. The monoisotopic (exact) mass is 468 g/mol. The average molecular weight is 468 g/mol. The predicted octanol–water partition coefficient (Wildman–Crippen LogP) is 2.18. The van der Waals surface area contributed by atoms with Gasteiger partial charge < -0.3 is 28.9 Å². The highest BCUT2D eigenvalue weighted by molar-refractivity contribution is 5.82. The minimum absolute atomic E-state index is 0. The van der Waals surface area contributed by atoms with Gasteiger partial charge >= 0.3 is 0 Å². The fourth-order valence-corrected chi connectivity index (χ4v) is 3.92. The van der Waals surface area contributed by atoms with E-state index in [0.717, 1.165) is 6.54 Å². The van der Waals surface area contributed by atoms with Gasteiger partial charge in [-0.25, -0.2) is 0 Å². The van der Waals surface area contributed by atoms with Gasteiger partial charge in [-0.3, -0.25) is 0 Å². The molecule has 0 unspecified atom stereocenters. The standard InChI is InChI=1S/C24H25N2.HI/c1-5-26-22(13-11-20-15-17(2)9-14-23(20)26)16-21-12-10-19-8-6-7-18(3)24(19)25(21)4;/h6-16H,5H2,1-4H3;1H/q+1;/p-1. The molecule has 0 saturated heterocycles. The Morgan fingerprint density at radius 3 is 2.59 bits per heavy atom. The number of aromatic nitrogens is 1. The van der Waals surface area contributed by atoms with Crippen LogP contribution in [-0.2, 0) is 7.05 Å². The summed E-state index contributed by atoms with van der Waals surface area (Å²) in [6.45, 7) is 7.48. The van der Waals surface area contributed by atoms with Gasteiger partial charge in [-0.1, -0.05) is 29.8 Å². The Morgan fingerprint density at radius 2 is 1.81 bits per heavy atom. The van der Waals surface area contributed by atoms with E-state index in [2.05, 4.69) is 104 Å². The quantitative estimate of drug-likeness (QED) is 0.413. The van der Waals surface area contributed by atoms with Crippen molar-refractivity contribution in [2.24, 2.45) is 7.05 Å². The molecule has 2 heterocycles. The van der Waals surface area contributed by atoms with Gasteiger partial charge in [0.05, 0.1) is 0 Å². The third-order valence-electron chi connectivity index (χ3n) is 5.26. The molecule has 1 aromatic heterocycles. The molecule has 0 aliphatic carbocycles. The van der Waals surface area contributed by atoms with Gasteiger partial charge in [-0.05, 0) is 56.7 Å². The SMILES string of the molecule is CCN1/C(=C/c2ccc3cccc(C)c3[n+]2C)C=Cc2cc(C)ccc21.[I-]. The zero-order chi connectivity index (χ0) is 18.3. The second-order valence-electron chi connectivity index (χ2n) is 7.04. The molecule has 0 atom stereocenters. The lowest BCUT2D eigenvalue weighted by Crippen LogP contribution is -3.00. The molecule has 0 N–H and O–H groups in total. The lowest BCUT2D eigenvalue weighted by Gasteiger charge is -2.29. The van der Waals surface area contributed by atoms with Gasteiger partial charge in [0.1, 0.15) is 7.05 Å². The van der Waals surface area contributed by atoms with Crippen molar-refractivity contribution in [2.75, 3.05) is 11.4 Å². The van der Waals surface area contributed by atoms with Gasteiger partial charge in [0.25, 0.3) is 0 Å². The summed E-state index contributed by atoms with van der Waals surface area (Å²) in [7, 11) is 2.15. The summed E-state index contributed by atoms with van der Waals surface area (Å²) in [5.41, 5.74) is 8.91. The average Bonchev–Trinajstić information content (AvgIpc) is 2.63. The van der Waals surface area contributed by atoms with Crippen LogP contribution in [0.1, 0.15) is 29.3 Å². The largest absolute Gasteiger partial charge is 1.00 e. The molecule has 27 heavy (non-hydrogen) atoms. The van der Waals surface area contributed by atoms with Gasteiger partial charge in [0, 0.05) is 41.0 Å². The molecule has 0 amide bonds. The van der Waals surface area contributed by atoms with E-state index in [1.54, 1.807) is 0 Å². The number of rotatable bonds is 2. The molecule has 138 valence electrons. The van der Waals surface area contributed by atoms with Crippen LogP contribution >= 0.6 is 0 Å². The number of fused-ring (bicyclic) bond motifs is 2. The highest BCUT2D eigenvalue weighted by Gasteiger charge is 2.18. The van der Waals surface area contributed by atoms with Crippen molar-refractivity contribution >= 4 is 28.7 Å². The number of pyridine rings is 1. The number of likely N-dealkylation sites (N-methyl/N-ethyl adjacent to an activating group) is 1. The van der Waals surface area contributed by atoms with Crippen molar-refractivity contribution in [3.05, 3.63) is 82.7 Å². The summed E-state index contributed by atoms with van der Waals surface area (Å²) in [4.78, 5) is 2.39. The molecular weight excluding hydrogens is 443 g/mol. The van der Waals surface area contributed by atoms with E-state index in [1.807, 2.05) is 0 Å². The summed E-state index contributed by atoms with van der Waals surface area (Å²) < 4.78 is 2.30. The molecule has 0 saturated carbocycles. The van der Waals surface area contributed by atoms with Crippen LogP contribution in [0, 0.1) is 13.8 Å². The number of anilines is 1. The molecule has 0 radical (unpaired) electrons. The van der Waals surface area contributed by atoms with Crippen LogP contribution in [0.2, 0.25) is 0 Å². The predicted molar refractivity (Wildman–Crippen MR) is 111 cm³/mol. The molecule has 1 aliphatic heterocycles. The molecule has 0 bridgehead atoms. The molecule has 0 spiro atoms. The molecule has 2 aromatic carbocycles. The Labute approximate surface area is 178 Å². The molecule has 3 aromatic rings. The minimum atomic E-state index is 0. The van der Waals surface area contributed by atoms with Crippen molar-refractivity contribution in [1.29, 1.82) is 0 Å². The Morgan fingerprint density at radius 1 is 1.00 bits per heavy atom. The number of nitrogens with zero attached hydrogens (tertiary/aromatic N) is 2. The Balaban J connectivity index is 0.00000210. The van der Waals surface area contributed by atoms with Gasteiger partial charge in [0.2, 0.25) is 11.2 Å². The lowest BCUT2D eigenvalue weighted by molar-refractivity contribution is -0.647. The van der Waals surface area contributed by atoms with Gasteiger partial charge in [0.15, 0.2) is 0 Å². The van der Waals surface area contributed by atoms with Gasteiger partial charge in [-0.15, -0.1) is 0 Å². The van der Waals surface area contributed by atoms with Crippen molar-refractivity contribution in [2.45, 2.75) is 20.8 Å². The van der Waals surface area contributed by atoms with Crippen LogP contribution in [0.25, 0.3) is 23.1 Å². The first-order valence-corrected chi connectivity index (χ1v) is 9.25. The fourth-order valence-electron chi connectivity index (χ4n) is 3.92. The van der Waals surface area contributed by atoms with E-state index in [1.165, 1.54) is 44.7 Å². The third kappa shape index (κ3) is 3.53. The molecule has 3 heteroatoms. The fraction of sp³-hybridized carbons (Fsp3) is 0.208. The molecular formula is C24H25IN2. The number of benzene rings is 2. The molecule has 4 rings (SSSR count). The lowest BCUT2D eigenvalue weighted by atomic mass is 10.0. The third-order valence-corrected chi connectivity index (χ3v) is 5.26. The van der Waals surface area contributed by atoms with Crippen LogP contribution in [0.3, 0.4) is 0 Å². The van der Waals surface area contributed by atoms with Crippen molar-refractivity contribution < 1.29 is 28.5 Å². The maximum absolute atomic E-state index is 2.39. The van der Waals surface area contributed by atoms with E-state index < -0.39 is 0 Å². The highest BCUT2D eigenvalue weighted by atomic mass is 127. The number of aryl methyl sites for hydroxylation is 3. The van der Waals surface area contributed by atoms with Crippen LogP contribution in [-0.4, -0.2) is 6.54 Å². The zero-order valence-electron chi connectivity index (χ0n) is 16.3. The summed E-state index contributed by atoms with van der Waals surface area (Å²) in [6.07, 6.45) is 6.74. The highest BCUT2D eigenvalue weighted by Crippen LogP contribution is 2.32. The second kappa shape index (κ2) is 7.85. The summed E-state index contributed by atoms with van der Waals surface area (Å²) in [5, 5.41) is 1.28. The minimum Gasteiger partial charge on any atom is -1.00 e. The first-order valence-electron chi connectivity index (χ1n) is 9.25. The van der Waals surface area contributed by atoms with E-state index in [0.29, 0.717) is 0 Å². The molecule has 2 nitrogen and oxygen atoms in total. The van der Waals surface area contributed by atoms with E-state index in [9.17, 15) is 0 Å². The number of hydrogen-bond donors (Lipinski definition) is 0. The molecule has 0 fully saturated rings. The number of para-hydroxylation sites is 1. The smallest absolute Gasteiger partial charge is 0.215 e. The summed E-state index contributed by atoms with van der Waals surface area (Å²) >= 11 is 0. The number of hydrogen-bond acceptors (Lipinski definition) is 1. The maximum Gasteiger partial charge on any atom is 0.215 e. The van der Waals surface area contributed by atoms with Crippen molar-refractivity contribution in [3.63, 3.8) is 0 Å². The Hall–Kier alpha value is -2.14. The first kappa shape index (κ1) is 19.6. The summed E-state index contributed by atoms with van der Waals surface area (Å²) in [6, 6.07) is 17.6. The number of allylic oxidation sites excluding steroid dienone is 1. The van der Waals surface area contributed by atoms with Crippen LogP contribution in [0.4, 0.5) is 5.69 Å².